The Labute approximate surface area is 239 Å². The number of hydrogen-bond donors (Lipinski definition) is 2. The highest BCUT2D eigenvalue weighted by Crippen LogP contribution is 2.37. The molecule has 0 bridgehead atoms. The first kappa shape index (κ1) is 31.1. The van der Waals surface area contributed by atoms with Crippen molar-refractivity contribution in [1.82, 2.24) is 15.2 Å². The summed E-state index contributed by atoms with van der Waals surface area (Å²) in [6, 6.07) is 11.3. The highest BCUT2D eigenvalue weighted by atomic mass is 16.5. The van der Waals surface area contributed by atoms with Gasteiger partial charge in [-0.1, -0.05) is 61.0 Å². The minimum Gasteiger partial charge on any atom is -0.507 e. The van der Waals surface area contributed by atoms with Crippen molar-refractivity contribution in [1.29, 1.82) is 0 Å². The molecule has 1 saturated heterocycles. The molecule has 2 N–H and O–H groups in total. The Morgan fingerprint density at radius 3 is 2.23 bits per heavy atom. The van der Waals surface area contributed by atoms with Crippen LogP contribution < -0.4 is 10.2 Å². The van der Waals surface area contributed by atoms with E-state index in [0.29, 0.717) is 43.9 Å². The van der Waals surface area contributed by atoms with Crippen LogP contribution in [0.1, 0.15) is 88.4 Å². The lowest BCUT2D eigenvalue weighted by Crippen LogP contribution is -2.50. The minimum atomic E-state index is -0.243. The molecule has 218 valence electrons. The number of amides is 2. The van der Waals surface area contributed by atoms with E-state index in [1.54, 1.807) is 12.1 Å². The Morgan fingerprint density at radius 1 is 1.00 bits per heavy atom. The Morgan fingerprint density at radius 2 is 1.65 bits per heavy atom. The predicted octanol–water partition coefficient (Wildman–Crippen LogP) is 5.07. The second-order valence-electron chi connectivity index (χ2n) is 12.5. The number of carbonyl (C=O) groups excluding carboxylic acids is 2. The first-order chi connectivity index (χ1) is 18.8. The summed E-state index contributed by atoms with van der Waals surface area (Å²) < 4.78 is 5.68. The van der Waals surface area contributed by atoms with Gasteiger partial charge in [0.15, 0.2) is 0 Å². The van der Waals surface area contributed by atoms with Crippen LogP contribution in [-0.2, 0) is 15.6 Å². The van der Waals surface area contributed by atoms with Crippen molar-refractivity contribution >= 4 is 18.0 Å². The number of piperazine rings is 1. The van der Waals surface area contributed by atoms with Gasteiger partial charge >= 0.3 is 0 Å². The van der Waals surface area contributed by atoms with Crippen LogP contribution >= 0.6 is 0 Å². The van der Waals surface area contributed by atoms with Crippen molar-refractivity contribution in [3.05, 3.63) is 58.7 Å². The smallest absolute Gasteiger partial charge is 0.254 e. The molecule has 40 heavy (non-hydrogen) atoms. The van der Waals surface area contributed by atoms with Crippen LogP contribution in [0.25, 0.3) is 0 Å². The molecular formula is C32H46N4O4. The van der Waals surface area contributed by atoms with Gasteiger partial charge in [0.25, 0.3) is 11.8 Å². The summed E-state index contributed by atoms with van der Waals surface area (Å²) in [5, 5.41) is 15.0. The van der Waals surface area contributed by atoms with Gasteiger partial charge in [-0.2, -0.15) is 5.10 Å². The van der Waals surface area contributed by atoms with E-state index in [9.17, 15) is 14.7 Å². The Kier molecular flexibility index (Phi) is 10.4. The number of benzene rings is 2. The summed E-state index contributed by atoms with van der Waals surface area (Å²) in [5.41, 5.74) is 5.39. The molecule has 1 aliphatic heterocycles. The summed E-state index contributed by atoms with van der Waals surface area (Å²) >= 11 is 0. The summed E-state index contributed by atoms with van der Waals surface area (Å²) in [5.74, 6) is 0.700. The number of nitrogens with zero attached hydrogens (tertiary/aromatic N) is 3. The highest BCUT2D eigenvalue weighted by molar-refractivity contribution is 5.94. The minimum absolute atomic E-state index is 0.0132. The van der Waals surface area contributed by atoms with Crippen LogP contribution in [0.4, 0.5) is 0 Å². The first-order valence-corrected chi connectivity index (χ1v) is 14.2. The molecule has 8 heteroatoms. The molecule has 1 fully saturated rings. The number of phenols is 1. The number of ether oxygens (including phenoxy) is 1. The van der Waals surface area contributed by atoms with Gasteiger partial charge in [0.05, 0.1) is 19.4 Å². The monoisotopic (exact) mass is 550 g/mol. The molecule has 3 rings (SSSR count). The van der Waals surface area contributed by atoms with Crippen molar-refractivity contribution < 1.29 is 19.4 Å². The Hall–Kier alpha value is -3.39. The molecule has 1 aliphatic rings. The lowest BCUT2D eigenvalue weighted by molar-refractivity contribution is -0.122. The van der Waals surface area contributed by atoms with E-state index in [1.165, 1.54) is 6.21 Å². The van der Waals surface area contributed by atoms with Crippen LogP contribution in [0.15, 0.2) is 41.5 Å². The number of aromatic hydroxyl groups is 1. The quantitative estimate of drug-likeness (QED) is 0.258. The zero-order valence-electron chi connectivity index (χ0n) is 25.2. The molecule has 0 aromatic heterocycles. The van der Waals surface area contributed by atoms with E-state index in [0.717, 1.165) is 29.7 Å². The predicted molar refractivity (Wildman–Crippen MR) is 160 cm³/mol. The molecule has 2 aromatic rings. The van der Waals surface area contributed by atoms with Crippen molar-refractivity contribution in [3.63, 3.8) is 0 Å². The number of hydrazone groups is 1. The fourth-order valence-corrected chi connectivity index (χ4v) is 4.49. The second kappa shape index (κ2) is 13.3. The molecule has 2 aromatic carbocycles. The van der Waals surface area contributed by atoms with E-state index in [2.05, 4.69) is 59.0 Å². The number of carbonyl (C=O) groups is 2. The summed E-state index contributed by atoms with van der Waals surface area (Å²) in [6.07, 6.45) is 3.59. The van der Waals surface area contributed by atoms with Crippen molar-refractivity contribution in [2.45, 2.75) is 72.1 Å². The lowest BCUT2D eigenvalue weighted by atomic mass is 9.79. The van der Waals surface area contributed by atoms with Gasteiger partial charge in [0.2, 0.25) is 0 Å². The van der Waals surface area contributed by atoms with Crippen LogP contribution in [0.5, 0.6) is 11.5 Å². The average Bonchev–Trinajstić information content (AvgIpc) is 2.89. The van der Waals surface area contributed by atoms with Gasteiger partial charge in [-0.05, 0) is 53.1 Å². The average molecular weight is 551 g/mol. The number of nitrogens with one attached hydrogen (secondary N) is 1. The van der Waals surface area contributed by atoms with Gasteiger partial charge in [-0.25, -0.2) is 5.43 Å². The van der Waals surface area contributed by atoms with Gasteiger partial charge in [0, 0.05) is 42.9 Å². The van der Waals surface area contributed by atoms with Crippen LogP contribution in [0, 0.1) is 0 Å². The van der Waals surface area contributed by atoms with E-state index in [1.807, 2.05) is 34.1 Å². The zero-order chi connectivity index (χ0) is 29.5. The van der Waals surface area contributed by atoms with Gasteiger partial charge in [0.1, 0.15) is 11.5 Å². The highest BCUT2D eigenvalue weighted by Gasteiger charge is 2.25. The zero-order valence-corrected chi connectivity index (χ0v) is 25.2. The molecule has 2 amide bonds. The summed E-state index contributed by atoms with van der Waals surface area (Å²) in [7, 11) is 0. The number of rotatable bonds is 9. The summed E-state index contributed by atoms with van der Waals surface area (Å²) in [6.45, 7) is 17.8. The lowest BCUT2D eigenvalue weighted by Gasteiger charge is -2.34. The maximum atomic E-state index is 12.9. The molecular weight excluding hydrogens is 504 g/mol. The fraction of sp³-hybridized carbons (Fsp3) is 0.531. The third-order valence-corrected chi connectivity index (χ3v) is 7.10. The maximum Gasteiger partial charge on any atom is 0.254 e. The Bertz CT molecular complexity index is 1190. The normalized spacial score (nSPS) is 14.9. The second-order valence-corrected chi connectivity index (χ2v) is 12.5. The van der Waals surface area contributed by atoms with Crippen LogP contribution in [0.3, 0.4) is 0 Å². The van der Waals surface area contributed by atoms with Crippen molar-refractivity contribution in [2.75, 3.05) is 39.3 Å². The first-order valence-electron chi connectivity index (χ1n) is 14.2. The van der Waals surface area contributed by atoms with E-state index in [4.69, 9.17) is 4.74 Å². The standard InChI is InChI=1S/C32H46N4O4/c1-8-9-18-40-26-12-10-23(11-13-26)30(39)36-16-14-35(15-17-36)22-28(37)34-33-21-24-19-25(31(2,3)4)20-27(29(24)38)32(5,6)7/h10-13,19-21,38H,8-9,14-18,22H2,1-7H3,(H,34,37)/b33-21+. The molecule has 0 radical (unpaired) electrons. The molecule has 0 spiro atoms. The molecule has 0 saturated carbocycles. The number of phenolic OH excluding ortho intramolecular Hbond substituents is 1. The SMILES string of the molecule is CCCCOc1ccc(C(=O)N2CCN(CC(=O)N/N=C/c3cc(C(C)(C)C)cc(C(C)(C)C)c3O)CC2)cc1. The number of unbranched alkanes of at least 4 members (excludes halogenated alkanes) is 1. The third-order valence-electron chi connectivity index (χ3n) is 7.10. The maximum absolute atomic E-state index is 12.9. The largest absolute Gasteiger partial charge is 0.507 e. The van der Waals surface area contributed by atoms with Crippen LogP contribution in [0.2, 0.25) is 0 Å². The molecule has 8 nitrogen and oxygen atoms in total. The molecule has 0 unspecified atom stereocenters. The third kappa shape index (κ3) is 8.55. The van der Waals surface area contributed by atoms with Gasteiger partial charge in [-0.3, -0.25) is 14.5 Å². The van der Waals surface area contributed by atoms with Gasteiger partial charge in [-0.15, -0.1) is 0 Å². The number of hydrogen-bond acceptors (Lipinski definition) is 6. The molecule has 1 heterocycles. The van der Waals surface area contributed by atoms with E-state index in [-0.39, 0.29) is 34.9 Å². The topological polar surface area (TPSA) is 94.5 Å². The van der Waals surface area contributed by atoms with Crippen molar-refractivity contribution in [3.8, 4) is 11.5 Å². The van der Waals surface area contributed by atoms with Crippen molar-refractivity contribution in [2.24, 2.45) is 5.10 Å². The van der Waals surface area contributed by atoms with Crippen LogP contribution in [-0.4, -0.2) is 72.3 Å². The molecule has 0 aliphatic carbocycles. The van der Waals surface area contributed by atoms with E-state index < -0.39 is 0 Å². The summed E-state index contributed by atoms with van der Waals surface area (Å²) in [4.78, 5) is 29.3. The fourth-order valence-electron chi connectivity index (χ4n) is 4.49. The van der Waals surface area contributed by atoms with Gasteiger partial charge < -0.3 is 14.7 Å². The van der Waals surface area contributed by atoms with E-state index >= 15 is 0 Å². The molecule has 0 atom stereocenters. The Balaban J connectivity index is 1.52.